The highest BCUT2D eigenvalue weighted by atomic mass is 16.2. The fourth-order valence-corrected chi connectivity index (χ4v) is 3.36. The van der Waals surface area contributed by atoms with Gasteiger partial charge in [0.05, 0.1) is 17.3 Å². The van der Waals surface area contributed by atoms with Gasteiger partial charge in [0, 0.05) is 44.5 Å². The Kier molecular flexibility index (Phi) is 2.80. The molecule has 2 aromatic rings. The van der Waals surface area contributed by atoms with Crippen LogP contribution in [0.1, 0.15) is 23.5 Å². The number of aromatic nitrogens is 3. The first-order valence-electron chi connectivity index (χ1n) is 7.49. The molecule has 0 N–H and O–H groups in total. The van der Waals surface area contributed by atoms with E-state index in [2.05, 4.69) is 20.6 Å². The van der Waals surface area contributed by atoms with Gasteiger partial charge in [-0.15, -0.1) is 0 Å². The zero-order chi connectivity index (χ0) is 14.4. The number of rotatable bonds is 1. The molecule has 5 heteroatoms. The fraction of sp³-hybridized carbons (Fsp3) is 0.438. The van der Waals surface area contributed by atoms with Crippen LogP contribution in [0.15, 0.2) is 24.7 Å². The van der Waals surface area contributed by atoms with Crippen LogP contribution >= 0.6 is 0 Å². The molecule has 21 heavy (non-hydrogen) atoms. The molecule has 0 saturated carbocycles. The number of hydrogen-bond acceptors (Lipinski definition) is 3. The lowest BCUT2D eigenvalue weighted by Crippen LogP contribution is -2.38. The van der Waals surface area contributed by atoms with Gasteiger partial charge in [-0.25, -0.2) is 4.98 Å². The van der Waals surface area contributed by atoms with Gasteiger partial charge in [0.2, 0.25) is 5.91 Å². The molecule has 0 aliphatic carbocycles. The summed E-state index contributed by atoms with van der Waals surface area (Å²) in [4.78, 5) is 23.6. The first-order chi connectivity index (χ1) is 10.2. The lowest BCUT2D eigenvalue weighted by atomic mass is 9.98. The second-order valence-corrected chi connectivity index (χ2v) is 5.95. The van der Waals surface area contributed by atoms with Crippen molar-refractivity contribution in [3.05, 3.63) is 41.7 Å². The van der Waals surface area contributed by atoms with Gasteiger partial charge in [0.15, 0.2) is 0 Å². The van der Waals surface area contributed by atoms with E-state index in [9.17, 15) is 4.79 Å². The molecule has 0 fully saturated rings. The Morgan fingerprint density at radius 1 is 1.33 bits per heavy atom. The Morgan fingerprint density at radius 2 is 2.24 bits per heavy atom. The Hall–Kier alpha value is -2.17. The Bertz CT molecular complexity index is 706. The second kappa shape index (κ2) is 4.69. The highest BCUT2D eigenvalue weighted by Gasteiger charge is 2.33. The average molecular weight is 282 g/mol. The number of pyridine rings is 1. The zero-order valence-corrected chi connectivity index (χ0v) is 12.1. The third kappa shape index (κ3) is 2.04. The molecule has 2 aromatic heterocycles. The minimum atomic E-state index is 0.0539. The topological polar surface area (TPSA) is 51.0 Å². The van der Waals surface area contributed by atoms with E-state index in [1.165, 1.54) is 0 Å². The highest BCUT2D eigenvalue weighted by Crippen LogP contribution is 2.30. The molecule has 0 spiro atoms. The summed E-state index contributed by atoms with van der Waals surface area (Å²) in [6, 6.07) is 2.08. The van der Waals surface area contributed by atoms with Crippen LogP contribution in [0.25, 0.3) is 0 Å². The molecule has 0 bridgehead atoms. The van der Waals surface area contributed by atoms with E-state index >= 15 is 0 Å². The monoisotopic (exact) mass is 282 g/mol. The van der Waals surface area contributed by atoms with Crippen molar-refractivity contribution in [1.29, 1.82) is 0 Å². The van der Waals surface area contributed by atoms with Crippen molar-refractivity contribution in [1.82, 2.24) is 14.5 Å². The summed E-state index contributed by atoms with van der Waals surface area (Å²) in [6.45, 7) is 3.53. The number of carbonyl (C=O) groups excluding carboxylic acids is 1. The molecule has 0 aromatic carbocycles. The van der Waals surface area contributed by atoms with Crippen molar-refractivity contribution in [3.8, 4) is 0 Å². The molecular weight excluding hydrogens is 264 g/mol. The minimum absolute atomic E-state index is 0.0539. The van der Waals surface area contributed by atoms with Gasteiger partial charge >= 0.3 is 0 Å². The number of amides is 1. The molecule has 4 rings (SSSR count). The average Bonchev–Trinajstić information content (AvgIpc) is 3.11. The third-order valence-corrected chi connectivity index (χ3v) is 4.50. The van der Waals surface area contributed by atoms with Gasteiger partial charge in [0.25, 0.3) is 0 Å². The van der Waals surface area contributed by atoms with E-state index in [1.807, 2.05) is 30.4 Å². The van der Waals surface area contributed by atoms with Gasteiger partial charge in [0.1, 0.15) is 5.82 Å². The van der Waals surface area contributed by atoms with Gasteiger partial charge in [-0.05, 0) is 25.0 Å². The summed E-state index contributed by atoms with van der Waals surface area (Å²) in [7, 11) is 0. The zero-order valence-electron chi connectivity index (χ0n) is 12.1. The number of carbonyl (C=O) groups is 1. The largest absolute Gasteiger partial charge is 0.334 e. The summed E-state index contributed by atoms with van der Waals surface area (Å²) in [5, 5.41) is 0. The van der Waals surface area contributed by atoms with Crippen molar-refractivity contribution in [2.45, 2.75) is 32.7 Å². The minimum Gasteiger partial charge on any atom is -0.334 e. The van der Waals surface area contributed by atoms with Crippen LogP contribution in [0.5, 0.6) is 0 Å². The molecule has 108 valence electrons. The Balaban J connectivity index is 1.59. The van der Waals surface area contributed by atoms with Crippen molar-refractivity contribution in [2.75, 3.05) is 11.4 Å². The number of aryl methyl sites for hydroxylation is 2. The lowest BCUT2D eigenvalue weighted by Gasteiger charge is -2.27. The summed E-state index contributed by atoms with van der Waals surface area (Å²) in [6.07, 6.45) is 8.31. The quantitative estimate of drug-likeness (QED) is 0.800. The maximum Gasteiger partial charge on any atom is 0.231 e. The van der Waals surface area contributed by atoms with E-state index in [4.69, 9.17) is 0 Å². The smallest absolute Gasteiger partial charge is 0.231 e. The predicted octanol–water partition coefficient (Wildman–Crippen LogP) is 1.74. The lowest BCUT2D eigenvalue weighted by molar-refractivity contribution is -0.123. The molecule has 4 heterocycles. The van der Waals surface area contributed by atoms with Gasteiger partial charge in [-0.3, -0.25) is 9.78 Å². The summed E-state index contributed by atoms with van der Waals surface area (Å²) in [5.41, 5.74) is 3.17. The van der Waals surface area contributed by atoms with Crippen molar-refractivity contribution >= 4 is 11.6 Å². The standard InChI is InChI=1S/C16H18N4O/c1-11-8-14-13(18-9-11)4-6-20(14)16(21)12-2-3-15-17-5-7-19(15)10-12/h5,7-9,12H,2-4,6,10H2,1H3. The molecule has 5 nitrogen and oxygen atoms in total. The summed E-state index contributed by atoms with van der Waals surface area (Å²) >= 11 is 0. The number of nitrogens with zero attached hydrogens (tertiary/aromatic N) is 4. The van der Waals surface area contributed by atoms with Gasteiger partial charge < -0.3 is 9.47 Å². The number of hydrogen-bond donors (Lipinski definition) is 0. The van der Waals surface area contributed by atoms with Crippen molar-refractivity contribution < 1.29 is 4.79 Å². The van der Waals surface area contributed by atoms with E-state index < -0.39 is 0 Å². The fourth-order valence-electron chi connectivity index (χ4n) is 3.36. The Labute approximate surface area is 123 Å². The molecule has 1 unspecified atom stereocenters. The number of anilines is 1. The number of imidazole rings is 1. The van der Waals surface area contributed by atoms with Crippen LogP contribution in [0.4, 0.5) is 5.69 Å². The molecule has 2 aliphatic heterocycles. The first-order valence-corrected chi connectivity index (χ1v) is 7.49. The van der Waals surface area contributed by atoms with Gasteiger partial charge in [-0.2, -0.15) is 0 Å². The molecule has 0 saturated heterocycles. The molecule has 1 amide bonds. The maximum absolute atomic E-state index is 12.9. The molecule has 0 radical (unpaired) electrons. The van der Waals surface area contributed by atoms with E-state index in [0.29, 0.717) is 0 Å². The molecule has 2 aliphatic rings. The maximum atomic E-state index is 12.9. The van der Waals surface area contributed by atoms with Crippen LogP contribution in [0.3, 0.4) is 0 Å². The summed E-state index contributed by atoms with van der Waals surface area (Å²) < 4.78 is 2.11. The van der Waals surface area contributed by atoms with Crippen LogP contribution in [-0.2, 0) is 24.2 Å². The number of fused-ring (bicyclic) bond motifs is 2. The molecular formula is C16H18N4O. The summed E-state index contributed by atoms with van der Waals surface area (Å²) in [5.74, 6) is 1.39. The second-order valence-electron chi connectivity index (χ2n) is 5.95. The van der Waals surface area contributed by atoms with Crippen LogP contribution < -0.4 is 4.90 Å². The van der Waals surface area contributed by atoms with Crippen molar-refractivity contribution in [3.63, 3.8) is 0 Å². The Morgan fingerprint density at radius 3 is 3.14 bits per heavy atom. The normalized spacial score (nSPS) is 20.2. The van der Waals surface area contributed by atoms with Gasteiger partial charge in [-0.1, -0.05) is 0 Å². The first kappa shape index (κ1) is 12.6. The van der Waals surface area contributed by atoms with Crippen molar-refractivity contribution in [2.24, 2.45) is 5.92 Å². The van der Waals surface area contributed by atoms with E-state index in [0.717, 1.165) is 55.1 Å². The highest BCUT2D eigenvalue weighted by molar-refractivity contribution is 5.96. The molecule has 1 atom stereocenters. The van der Waals surface area contributed by atoms with E-state index in [-0.39, 0.29) is 11.8 Å². The van der Waals surface area contributed by atoms with Crippen LogP contribution in [-0.4, -0.2) is 27.0 Å². The third-order valence-electron chi connectivity index (χ3n) is 4.50. The van der Waals surface area contributed by atoms with Crippen LogP contribution in [0.2, 0.25) is 0 Å². The SMILES string of the molecule is Cc1cnc2c(c1)N(C(=O)C1CCc3nccn3C1)CC2. The van der Waals surface area contributed by atoms with Crippen LogP contribution in [0, 0.1) is 12.8 Å². The van der Waals surface area contributed by atoms with E-state index in [1.54, 1.807) is 0 Å². The predicted molar refractivity (Wildman–Crippen MR) is 79.1 cm³/mol.